The number of nitrogens with zero attached hydrogens (tertiary/aromatic N) is 1. The van der Waals surface area contributed by atoms with Crippen LogP contribution in [0.5, 0.6) is 0 Å². The van der Waals surface area contributed by atoms with E-state index in [2.05, 4.69) is 5.32 Å². The molecule has 0 saturated carbocycles. The number of amides is 2. The fourth-order valence-electron chi connectivity index (χ4n) is 1.68. The van der Waals surface area contributed by atoms with Crippen LogP contribution in [0.2, 0.25) is 0 Å². The van der Waals surface area contributed by atoms with Gasteiger partial charge in [0.15, 0.2) is 0 Å². The first-order valence-electron chi connectivity index (χ1n) is 6.19. The molecule has 4 heteroatoms. The Kier molecular flexibility index (Phi) is 4.50. The maximum atomic E-state index is 13.4. The van der Waals surface area contributed by atoms with Gasteiger partial charge in [-0.2, -0.15) is 0 Å². The summed E-state index contributed by atoms with van der Waals surface area (Å²) >= 11 is 0. The van der Waals surface area contributed by atoms with Crippen LogP contribution in [0, 0.1) is 5.82 Å². The van der Waals surface area contributed by atoms with Gasteiger partial charge in [0.05, 0.1) is 0 Å². The number of rotatable bonds is 3. The Bertz CT molecular complexity index is 611. The lowest BCUT2D eigenvalue weighted by atomic mass is 10.2. The van der Waals surface area contributed by atoms with Gasteiger partial charge in [-0.25, -0.2) is 9.18 Å². The van der Waals surface area contributed by atoms with E-state index in [-0.39, 0.29) is 11.8 Å². The molecule has 0 aliphatic heterocycles. The van der Waals surface area contributed by atoms with Crippen molar-refractivity contribution in [1.29, 1.82) is 0 Å². The van der Waals surface area contributed by atoms with Crippen molar-refractivity contribution in [3.63, 3.8) is 0 Å². The van der Waals surface area contributed by atoms with Crippen LogP contribution >= 0.6 is 0 Å². The first kappa shape index (κ1) is 13.8. The highest BCUT2D eigenvalue weighted by Crippen LogP contribution is 2.11. The number of halogens is 1. The molecule has 0 radical (unpaired) electrons. The average Bonchev–Trinajstić information content (AvgIpc) is 2.49. The summed E-state index contributed by atoms with van der Waals surface area (Å²) in [6, 6.07) is 15.3. The zero-order valence-corrected chi connectivity index (χ0v) is 11.1. The summed E-state index contributed by atoms with van der Waals surface area (Å²) in [7, 11) is 1.67. The number of hydrogen-bond acceptors (Lipinski definition) is 1. The number of benzene rings is 2. The third-order valence-electron chi connectivity index (χ3n) is 2.82. The topological polar surface area (TPSA) is 32.3 Å². The normalized spacial score (nSPS) is 10.5. The summed E-state index contributed by atoms with van der Waals surface area (Å²) in [4.78, 5) is 13.4. The molecule has 0 bridgehead atoms. The smallest absolute Gasteiger partial charge is 0.314 e. The van der Waals surface area contributed by atoms with Crippen molar-refractivity contribution in [3.8, 4) is 0 Å². The highest BCUT2D eigenvalue weighted by Gasteiger charge is 2.07. The number of para-hydroxylation sites is 1. The minimum atomic E-state index is -0.325. The van der Waals surface area contributed by atoms with Crippen LogP contribution in [-0.4, -0.2) is 13.1 Å². The van der Waals surface area contributed by atoms with Crippen molar-refractivity contribution < 1.29 is 9.18 Å². The minimum Gasteiger partial charge on any atom is -0.314 e. The molecule has 0 atom stereocenters. The SMILES string of the molecule is CN(C(=O)N/C=C/c1ccccc1F)c1ccccc1. The van der Waals surface area contributed by atoms with E-state index in [9.17, 15) is 9.18 Å². The number of urea groups is 1. The fraction of sp³-hybridized carbons (Fsp3) is 0.0625. The maximum absolute atomic E-state index is 13.4. The Morgan fingerprint density at radius 1 is 1.10 bits per heavy atom. The molecule has 0 aromatic heterocycles. The molecule has 0 aliphatic carbocycles. The highest BCUT2D eigenvalue weighted by atomic mass is 19.1. The Labute approximate surface area is 117 Å². The number of nitrogens with one attached hydrogen (secondary N) is 1. The second kappa shape index (κ2) is 6.52. The van der Waals surface area contributed by atoms with Gasteiger partial charge in [0.1, 0.15) is 5.82 Å². The van der Waals surface area contributed by atoms with Gasteiger partial charge in [-0.05, 0) is 24.3 Å². The van der Waals surface area contributed by atoms with E-state index < -0.39 is 0 Å². The lowest BCUT2D eigenvalue weighted by molar-refractivity contribution is 0.250. The Hall–Kier alpha value is -2.62. The van der Waals surface area contributed by atoms with Gasteiger partial charge in [-0.1, -0.05) is 36.4 Å². The van der Waals surface area contributed by atoms with E-state index in [1.54, 1.807) is 25.2 Å². The zero-order chi connectivity index (χ0) is 14.4. The zero-order valence-electron chi connectivity index (χ0n) is 11.1. The average molecular weight is 270 g/mol. The molecule has 0 unspecified atom stereocenters. The van der Waals surface area contributed by atoms with Crippen LogP contribution < -0.4 is 10.2 Å². The van der Waals surface area contributed by atoms with E-state index >= 15 is 0 Å². The predicted octanol–water partition coefficient (Wildman–Crippen LogP) is 3.64. The Morgan fingerprint density at radius 2 is 1.75 bits per heavy atom. The van der Waals surface area contributed by atoms with Crippen LogP contribution in [-0.2, 0) is 0 Å². The summed E-state index contributed by atoms with van der Waals surface area (Å²) in [5.41, 5.74) is 1.21. The molecule has 2 rings (SSSR count). The molecule has 2 amide bonds. The molecule has 0 fully saturated rings. The van der Waals surface area contributed by atoms with Crippen LogP contribution in [0.3, 0.4) is 0 Å². The summed E-state index contributed by atoms with van der Waals surface area (Å²) in [5.74, 6) is -0.325. The third kappa shape index (κ3) is 3.45. The van der Waals surface area contributed by atoms with Crippen molar-refractivity contribution in [2.75, 3.05) is 11.9 Å². The summed E-state index contributed by atoms with van der Waals surface area (Å²) in [6.45, 7) is 0. The van der Waals surface area contributed by atoms with Crippen molar-refractivity contribution in [1.82, 2.24) is 5.32 Å². The monoisotopic (exact) mass is 270 g/mol. The summed E-state index contributed by atoms with van der Waals surface area (Å²) < 4.78 is 13.4. The standard InChI is InChI=1S/C16H15FN2O/c1-19(14-8-3-2-4-9-14)16(20)18-12-11-13-7-5-6-10-15(13)17/h2-12H,1H3,(H,18,20)/b12-11+. The number of anilines is 1. The molecule has 1 N–H and O–H groups in total. The molecule has 0 spiro atoms. The van der Waals surface area contributed by atoms with Crippen LogP contribution in [0.4, 0.5) is 14.9 Å². The summed E-state index contributed by atoms with van der Waals surface area (Å²) in [5, 5.41) is 2.60. The lowest BCUT2D eigenvalue weighted by Crippen LogP contribution is -2.34. The second-order valence-electron chi connectivity index (χ2n) is 4.20. The fourth-order valence-corrected chi connectivity index (χ4v) is 1.68. The molecule has 0 heterocycles. The van der Waals surface area contributed by atoms with Gasteiger partial charge >= 0.3 is 6.03 Å². The number of carbonyl (C=O) groups is 1. The van der Waals surface area contributed by atoms with E-state index in [4.69, 9.17) is 0 Å². The van der Waals surface area contributed by atoms with Gasteiger partial charge < -0.3 is 5.32 Å². The molecule has 2 aromatic carbocycles. The van der Waals surface area contributed by atoms with Crippen LogP contribution in [0.1, 0.15) is 5.56 Å². The highest BCUT2D eigenvalue weighted by molar-refractivity contribution is 5.92. The molecular weight excluding hydrogens is 255 g/mol. The van der Waals surface area contributed by atoms with Gasteiger partial charge in [0, 0.05) is 24.5 Å². The van der Waals surface area contributed by atoms with E-state index in [1.165, 1.54) is 23.2 Å². The molecule has 3 nitrogen and oxygen atoms in total. The summed E-state index contributed by atoms with van der Waals surface area (Å²) in [6.07, 6.45) is 2.95. The lowest BCUT2D eigenvalue weighted by Gasteiger charge is -2.16. The van der Waals surface area contributed by atoms with Gasteiger partial charge in [0.25, 0.3) is 0 Å². The van der Waals surface area contributed by atoms with Gasteiger partial charge in [-0.15, -0.1) is 0 Å². The first-order valence-corrected chi connectivity index (χ1v) is 6.19. The van der Waals surface area contributed by atoms with Crippen molar-refractivity contribution >= 4 is 17.8 Å². The molecule has 102 valence electrons. The van der Waals surface area contributed by atoms with E-state index in [0.717, 1.165) is 5.69 Å². The van der Waals surface area contributed by atoms with E-state index in [0.29, 0.717) is 5.56 Å². The Morgan fingerprint density at radius 3 is 2.45 bits per heavy atom. The molecular formula is C16H15FN2O. The van der Waals surface area contributed by atoms with E-state index in [1.807, 2.05) is 30.3 Å². The second-order valence-corrected chi connectivity index (χ2v) is 4.20. The third-order valence-corrected chi connectivity index (χ3v) is 2.82. The maximum Gasteiger partial charge on any atom is 0.325 e. The minimum absolute atomic E-state index is 0.288. The first-order chi connectivity index (χ1) is 9.68. The number of hydrogen-bond donors (Lipinski definition) is 1. The van der Waals surface area contributed by atoms with Crippen LogP contribution in [0.15, 0.2) is 60.8 Å². The van der Waals surface area contributed by atoms with Gasteiger partial charge in [0.2, 0.25) is 0 Å². The van der Waals surface area contributed by atoms with Crippen molar-refractivity contribution in [3.05, 3.63) is 72.2 Å². The molecule has 2 aromatic rings. The molecule has 0 aliphatic rings. The van der Waals surface area contributed by atoms with Crippen LogP contribution in [0.25, 0.3) is 6.08 Å². The largest absolute Gasteiger partial charge is 0.325 e. The van der Waals surface area contributed by atoms with Crippen molar-refractivity contribution in [2.45, 2.75) is 0 Å². The number of carbonyl (C=O) groups excluding carboxylic acids is 1. The predicted molar refractivity (Wildman–Crippen MR) is 78.8 cm³/mol. The molecule has 0 saturated heterocycles. The Balaban J connectivity index is 1.97. The van der Waals surface area contributed by atoms with Gasteiger partial charge in [-0.3, -0.25) is 4.90 Å². The molecule has 20 heavy (non-hydrogen) atoms. The quantitative estimate of drug-likeness (QED) is 0.907. The van der Waals surface area contributed by atoms with Crippen molar-refractivity contribution in [2.24, 2.45) is 0 Å².